The second kappa shape index (κ2) is 9.25. The maximum Gasteiger partial charge on any atom is 0.255 e. The first-order chi connectivity index (χ1) is 10.9. The number of nitrogens with zero attached hydrogens (tertiary/aromatic N) is 1. The highest BCUT2D eigenvalue weighted by Crippen LogP contribution is 2.24. The molecule has 1 aliphatic rings. The van der Waals surface area contributed by atoms with E-state index in [1.165, 1.54) is 6.42 Å². The van der Waals surface area contributed by atoms with Gasteiger partial charge >= 0.3 is 0 Å². The lowest BCUT2D eigenvalue weighted by Crippen LogP contribution is -2.36. The molecule has 0 aliphatic carbocycles. The number of halogens is 2. The highest BCUT2D eigenvalue weighted by molar-refractivity contribution is 6.34. The summed E-state index contributed by atoms with van der Waals surface area (Å²) in [5.74, 6) is -0.508. The number of likely N-dealkylation sites (tertiary alicyclic amines) is 1. The first kappa shape index (κ1) is 20.7. The molecule has 1 heterocycles. The van der Waals surface area contributed by atoms with Gasteiger partial charge in [-0.3, -0.25) is 9.59 Å². The molecule has 2 amide bonds. The Morgan fingerprint density at radius 2 is 1.83 bits per heavy atom. The van der Waals surface area contributed by atoms with Crippen LogP contribution >= 0.6 is 24.0 Å². The lowest BCUT2D eigenvalue weighted by atomic mass is 10.0. The Balaban J connectivity index is 0.00000288. The number of hydrogen-bond donors (Lipinski definition) is 2. The standard InChI is InChI=1S/C17H24ClN3O2.ClH/c1-11(12(2)19)16(22)20-13-6-7-14(15(18)10-13)17(23)21-8-4-3-5-9-21;/h6-7,10-12H,3-5,8-9,19H2,1-2H3,(H,20,22);1H. The van der Waals surface area contributed by atoms with Gasteiger partial charge < -0.3 is 16.0 Å². The molecule has 1 aromatic rings. The molecule has 0 bridgehead atoms. The maximum atomic E-state index is 12.5. The Hall–Kier alpha value is -1.30. The minimum absolute atomic E-state index is 0. The van der Waals surface area contributed by atoms with Crippen molar-refractivity contribution in [2.24, 2.45) is 11.7 Å². The van der Waals surface area contributed by atoms with Crippen molar-refractivity contribution >= 4 is 41.5 Å². The molecule has 24 heavy (non-hydrogen) atoms. The van der Waals surface area contributed by atoms with Gasteiger partial charge in [-0.25, -0.2) is 0 Å². The second-order valence-corrected chi connectivity index (χ2v) is 6.59. The third-order valence-electron chi connectivity index (χ3n) is 4.31. The SMILES string of the molecule is CC(N)C(C)C(=O)Nc1ccc(C(=O)N2CCCCC2)c(Cl)c1.Cl. The molecule has 1 aliphatic heterocycles. The van der Waals surface area contributed by atoms with Gasteiger partial charge in [0.25, 0.3) is 5.91 Å². The summed E-state index contributed by atoms with van der Waals surface area (Å²) in [6, 6.07) is 4.76. The summed E-state index contributed by atoms with van der Waals surface area (Å²) in [6.45, 7) is 5.12. The van der Waals surface area contributed by atoms with E-state index < -0.39 is 0 Å². The van der Waals surface area contributed by atoms with Crippen LogP contribution in [-0.2, 0) is 4.79 Å². The Morgan fingerprint density at radius 3 is 2.38 bits per heavy atom. The van der Waals surface area contributed by atoms with Crippen molar-refractivity contribution in [2.45, 2.75) is 39.2 Å². The summed E-state index contributed by atoms with van der Waals surface area (Å²) in [5.41, 5.74) is 6.78. The van der Waals surface area contributed by atoms with Gasteiger partial charge in [0, 0.05) is 24.8 Å². The van der Waals surface area contributed by atoms with Crippen molar-refractivity contribution in [2.75, 3.05) is 18.4 Å². The van der Waals surface area contributed by atoms with Gasteiger partial charge in [0.2, 0.25) is 5.91 Å². The monoisotopic (exact) mass is 373 g/mol. The van der Waals surface area contributed by atoms with Crippen molar-refractivity contribution < 1.29 is 9.59 Å². The summed E-state index contributed by atoms with van der Waals surface area (Å²) in [7, 11) is 0. The first-order valence-electron chi connectivity index (χ1n) is 8.05. The molecule has 5 nitrogen and oxygen atoms in total. The predicted octanol–water partition coefficient (Wildman–Crippen LogP) is 3.31. The van der Waals surface area contributed by atoms with Gasteiger partial charge in [0.1, 0.15) is 0 Å². The van der Waals surface area contributed by atoms with Gasteiger partial charge in [-0.05, 0) is 44.4 Å². The molecule has 2 atom stereocenters. The summed E-state index contributed by atoms with van der Waals surface area (Å²) >= 11 is 6.25. The lowest BCUT2D eigenvalue weighted by molar-refractivity contribution is -0.119. The van der Waals surface area contributed by atoms with Gasteiger partial charge in [-0.2, -0.15) is 0 Å². The average Bonchev–Trinajstić information content (AvgIpc) is 2.54. The number of nitrogens with two attached hydrogens (primary N) is 1. The predicted molar refractivity (Wildman–Crippen MR) is 99.9 cm³/mol. The molecule has 2 rings (SSSR count). The summed E-state index contributed by atoms with van der Waals surface area (Å²) in [5, 5.41) is 3.13. The van der Waals surface area contributed by atoms with Crippen LogP contribution in [0.3, 0.4) is 0 Å². The van der Waals surface area contributed by atoms with E-state index in [1.54, 1.807) is 32.0 Å². The fraction of sp³-hybridized carbons (Fsp3) is 0.529. The number of carbonyl (C=O) groups excluding carboxylic acids is 2. The Morgan fingerprint density at radius 1 is 1.21 bits per heavy atom. The minimum Gasteiger partial charge on any atom is -0.339 e. The van der Waals surface area contributed by atoms with Crippen molar-refractivity contribution in [3.63, 3.8) is 0 Å². The highest BCUT2D eigenvalue weighted by Gasteiger charge is 2.21. The second-order valence-electron chi connectivity index (χ2n) is 6.18. The van der Waals surface area contributed by atoms with Gasteiger partial charge in [0.15, 0.2) is 0 Å². The molecular weight excluding hydrogens is 349 g/mol. The van der Waals surface area contributed by atoms with Gasteiger partial charge in [0.05, 0.1) is 16.5 Å². The van der Waals surface area contributed by atoms with Crippen molar-refractivity contribution in [3.8, 4) is 0 Å². The lowest BCUT2D eigenvalue weighted by Gasteiger charge is -2.27. The number of anilines is 1. The van der Waals surface area contributed by atoms with Crippen LogP contribution in [0.1, 0.15) is 43.5 Å². The van der Waals surface area contributed by atoms with Crippen LogP contribution < -0.4 is 11.1 Å². The van der Waals surface area contributed by atoms with E-state index in [9.17, 15) is 9.59 Å². The van der Waals surface area contributed by atoms with Crippen LogP contribution in [0.25, 0.3) is 0 Å². The van der Waals surface area contributed by atoms with E-state index in [-0.39, 0.29) is 36.2 Å². The summed E-state index contributed by atoms with van der Waals surface area (Å²) in [4.78, 5) is 26.3. The zero-order chi connectivity index (χ0) is 17.0. The summed E-state index contributed by atoms with van der Waals surface area (Å²) in [6.07, 6.45) is 3.24. The largest absolute Gasteiger partial charge is 0.339 e. The molecule has 1 saturated heterocycles. The Bertz CT molecular complexity index is 587. The number of benzene rings is 1. The van der Waals surface area contributed by atoms with E-state index in [1.807, 2.05) is 4.90 Å². The fourth-order valence-electron chi connectivity index (χ4n) is 2.53. The molecule has 0 spiro atoms. The third kappa shape index (κ3) is 5.10. The van der Waals surface area contributed by atoms with Crippen LogP contribution in [0.15, 0.2) is 18.2 Å². The molecule has 0 saturated carbocycles. The fourth-order valence-corrected chi connectivity index (χ4v) is 2.79. The minimum atomic E-state index is -0.302. The van der Waals surface area contributed by atoms with Crippen molar-refractivity contribution in [3.05, 3.63) is 28.8 Å². The van der Waals surface area contributed by atoms with Crippen molar-refractivity contribution in [1.82, 2.24) is 4.90 Å². The van der Waals surface area contributed by atoms with E-state index in [4.69, 9.17) is 17.3 Å². The van der Waals surface area contributed by atoms with Gasteiger partial charge in [-0.1, -0.05) is 18.5 Å². The number of nitrogens with one attached hydrogen (secondary N) is 1. The van der Waals surface area contributed by atoms with E-state index >= 15 is 0 Å². The molecule has 134 valence electrons. The number of carbonyl (C=O) groups is 2. The molecular formula is C17H25Cl2N3O2. The number of rotatable bonds is 4. The van der Waals surface area contributed by atoms with Crippen molar-refractivity contribution in [1.29, 1.82) is 0 Å². The zero-order valence-electron chi connectivity index (χ0n) is 14.0. The summed E-state index contributed by atoms with van der Waals surface area (Å²) < 4.78 is 0. The maximum absolute atomic E-state index is 12.5. The third-order valence-corrected chi connectivity index (χ3v) is 4.63. The van der Waals surface area contributed by atoms with Crippen LogP contribution in [0.4, 0.5) is 5.69 Å². The van der Waals surface area contributed by atoms with Crippen LogP contribution in [0.5, 0.6) is 0 Å². The average molecular weight is 374 g/mol. The van der Waals surface area contributed by atoms with Gasteiger partial charge in [-0.15, -0.1) is 12.4 Å². The molecule has 2 unspecified atom stereocenters. The van der Waals surface area contributed by atoms with Crippen LogP contribution in [0.2, 0.25) is 5.02 Å². The molecule has 3 N–H and O–H groups in total. The smallest absolute Gasteiger partial charge is 0.255 e. The molecule has 1 aromatic carbocycles. The number of amides is 2. The highest BCUT2D eigenvalue weighted by atomic mass is 35.5. The van der Waals surface area contributed by atoms with E-state index in [0.29, 0.717) is 16.3 Å². The molecule has 1 fully saturated rings. The first-order valence-corrected chi connectivity index (χ1v) is 8.43. The molecule has 7 heteroatoms. The molecule has 0 radical (unpaired) electrons. The number of hydrogen-bond acceptors (Lipinski definition) is 3. The molecule has 0 aromatic heterocycles. The topological polar surface area (TPSA) is 75.4 Å². The number of piperidine rings is 1. The normalized spacial score (nSPS) is 16.8. The van der Waals surface area contributed by atoms with Crippen LogP contribution in [-0.4, -0.2) is 35.8 Å². The van der Waals surface area contributed by atoms with E-state index in [0.717, 1.165) is 25.9 Å². The van der Waals surface area contributed by atoms with E-state index in [2.05, 4.69) is 5.32 Å². The Kier molecular flexibility index (Phi) is 8.00. The quantitative estimate of drug-likeness (QED) is 0.849. The Labute approximate surface area is 154 Å². The van der Waals surface area contributed by atoms with Crippen LogP contribution in [0, 0.1) is 5.92 Å². The zero-order valence-corrected chi connectivity index (χ0v) is 15.6.